The summed E-state index contributed by atoms with van der Waals surface area (Å²) in [6.07, 6.45) is 1.57. The van der Waals surface area contributed by atoms with Gasteiger partial charge in [-0.25, -0.2) is 4.79 Å². The first-order valence-corrected chi connectivity index (χ1v) is 9.08. The third kappa shape index (κ3) is 2.00. The second kappa shape index (κ2) is 5.30. The predicted molar refractivity (Wildman–Crippen MR) is 91.8 cm³/mol. The smallest absolute Gasteiger partial charge is 0.341 e. The summed E-state index contributed by atoms with van der Waals surface area (Å²) >= 11 is 0. The number of carbonyl (C=O) groups is 2. The van der Waals surface area contributed by atoms with E-state index in [4.69, 9.17) is 4.74 Å². The summed E-state index contributed by atoms with van der Waals surface area (Å²) in [5, 5.41) is 30.9. The molecule has 0 unspecified atom stereocenters. The third-order valence-corrected chi connectivity index (χ3v) is 6.91. The molecule has 1 heterocycles. The number of rotatable bonds is 1. The van der Waals surface area contributed by atoms with Crippen LogP contribution in [-0.2, 0) is 16.8 Å². The second-order valence-electron chi connectivity index (χ2n) is 8.72. The molecule has 0 aromatic heterocycles. The Kier molecular flexibility index (Phi) is 3.57. The number of ether oxygens (including phenoxy) is 1. The molecular weight excluding hydrogens is 336 g/mol. The van der Waals surface area contributed by atoms with Crippen LogP contribution in [0.4, 0.5) is 0 Å². The molecule has 3 atom stereocenters. The number of Topliss-reactive ketones (excluding diaryl/α,β-unsaturated/α-hetero) is 1. The van der Waals surface area contributed by atoms with Crippen molar-refractivity contribution in [2.24, 2.45) is 11.3 Å². The van der Waals surface area contributed by atoms with Gasteiger partial charge >= 0.3 is 5.97 Å². The molecule has 3 aliphatic rings. The Morgan fingerprint density at radius 3 is 2.50 bits per heavy atom. The Bertz CT molecular complexity index is 839. The Morgan fingerprint density at radius 1 is 1.15 bits per heavy atom. The van der Waals surface area contributed by atoms with Gasteiger partial charge in [0.25, 0.3) is 0 Å². The number of cyclic esters (lactones) is 1. The summed E-state index contributed by atoms with van der Waals surface area (Å²) in [4.78, 5) is 25.3. The number of hydrogen-bond donors (Lipinski definition) is 3. The molecular formula is C20H24O6. The van der Waals surface area contributed by atoms with Gasteiger partial charge in [-0.05, 0) is 35.2 Å². The van der Waals surface area contributed by atoms with Crippen LogP contribution in [0, 0.1) is 11.3 Å². The topological polar surface area (TPSA) is 104 Å². The van der Waals surface area contributed by atoms with Crippen LogP contribution in [-0.4, -0.2) is 27.1 Å². The number of aliphatic hydroxyl groups excluding tert-OH is 2. The van der Waals surface area contributed by atoms with Crippen molar-refractivity contribution in [2.75, 3.05) is 0 Å². The molecule has 1 saturated carbocycles. The SMILES string of the molecule is CC1(C)CCC[C@]2(C)c3c(c(O)c(CO)c4c3[C@@H](O)OC4=O)C(=O)C[C@@H]12. The van der Waals surface area contributed by atoms with Gasteiger partial charge in [0.2, 0.25) is 6.29 Å². The van der Waals surface area contributed by atoms with E-state index in [2.05, 4.69) is 20.8 Å². The molecule has 4 rings (SSSR count). The van der Waals surface area contributed by atoms with Gasteiger partial charge in [-0.2, -0.15) is 0 Å². The minimum atomic E-state index is -1.48. The fraction of sp³-hybridized carbons (Fsp3) is 0.600. The Balaban J connectivity index is 2.11. The zero-order valence-corrected chi connectivity index (χ0v) is 15.3. The number of benzene rings is 1. The van der Waals surface area contributed by atoms with E-state index in [1.807, 2.05) is 0 Å². The largest absolute Gasteiger partial charge is 0.507 e. The lowest BCUT2D eigenvalue weighted by Gasteiger charge is -2.54. The highest BCUT2D eigenvalue weighted by atomic mass is 16.6. The number of esters is 1. The summed E-state index contributed by atoms with van der Waals surface area (Å²) < 4.78 is 4.99. The van der Waals surface area contributed by atoms with Crippen LogP contribution in [0.1, 0.15) is 90.2 Å². The molecule has 0 spiro atoms. The van der Waals surface area contributed by atoms with E-state index in [9.17, 15) is 24.9 Å². The zero-order chi connectivity index (χ0) is 19.0. The summed E-state index contributed by atoms with van der Waals surface area (Å²) in [6, 6.07) is 0. The van der Waals surface area contributed by atoms with Crippen molar-refractivity contribution in [3.63, 3.8) is 0 Å². The monoisotopic (exact) mass is 360 g/mol. The van der Waals surface area contributed by atoms with E-state index in [1.54, 1.807) is 0 Å². The Hall–Kier alpha value is -1.92. The van der Waals surface area contributed by atoms with Crippen LogP contribution < -0.4 is 0 Å². The van der Waals surface area contributed by atoms with E-state index in [0.717, 1.165) is 19.3 Å². The molecule has 3 N–H and O–H groups in total. The number of aliphatic hydroxyl groups is 2. The molecule has 6 heteroatoms. The maximum Gasteiger partial charge on any atom is 0.341 e. The first kappa shape index (κ1) is 17.5. The van der Waals surface area contributed by atoms with Crippen LogP contribution >= 0.6 is 0 Å². The highest BCUT2D eigenvalue weighted by Crippen LogP contribution is 2.60. The molecule has 140 valence electrons. The fourth-order valence-corrected chi connectivity index (χ4v) is 5.74. The van der Waals surface area contributed by atoms with Crippen molar-refractivity contribution in [3.8, 4) is 5.75 Å². The second-order valence-corrected chi connectivity index (χ2v) is 8.72. The van der Waals surface area contributed by atoms with Crippen LogP contribution in [0.5, 0.6) is 5.75 Å². The van der Waals surface area contributed by atoms with Crippen molar-refractivity contribution < 1.29 is 29.6 Å². The minimum absolute atomic E-state index is 0.00862. The van der Waals surface area contributed by atoms with E-state index in [-0.39, 0.29) is 45.1 Å². The third-order valence-electron chi connectivity index (χ3n) is 6.91. The average Bonchev–Trinajstić information content (AvgIpc) is 2.84. The molecule has 1 fully saturated rings. The maximum absolute atomic E-state index is 13.0. The molecule has 1 aromatic rings. The van der Waals surface area contributed by atoms with Gasteiger partial charge in [-0.15, -0.1) is 0 Å². The highest BCUT2D eigenvalue weighted by Gasteiger charge is 2.56. The van der Waals surface area contributed by atoms with Gasteiger partial charge in [0.1, 0.15) is 5.75 Å². The number of aromatic hydroxyl groups is 1. The van der Waals surface area contributed by atoms with E-state index in [0.29, 0.717) is 12.0 Å². The molecule has 0 amide bonds. The van der Waals surface area contributed by atoms with Crippen LogP contribution in [0.3, 0.4) is 0 Å². The van der Waals surface area contributed by atoms with Crippen LogP contribution in [0.2, 0.25) is 0 Å². The van der Waals surface area contributed by atoms with Gasteiger partial charge in [0.15, 0.2) is 5.78 Å². The number of fused-ring (bicyclic) bond motifs is 5. The highest BCUT2D eigenvalue weighted by molar-refractivity contribution is 6.06. The Morgan fingerprint density at radius 2 is 1.85 bits per heavy atom. The lowest BCUT2D eigenvalue weighted by molar-refractivity contribution is -0.0567. The standard InChI is InChI=1S/C20H24O6/c1-19(2)5-4-6-20(3)11(19)7-10(22)13-15(20)14-12(9(8-21)16(13)23)17(24)26-18(14)25/h11,18,21,23,25H,4-8H2,1-3H3/t11-,18-,20-/m0/s1. The molecule has 0 saturated heterocycles. The maximum atomic E-state index is 13.0. The Labute approximate surface area is 151 Å². The van der Waals surface area contributed by atoms with Gasteiger partial charge in [-0.1, -0.05) is 27.2 Å². The number of ketones is 1. The van der Waals surface area contributed by atoms with E-state index < -0.39 is 24.3 Å². The van der Waals surface area contributed by atoms with Gasteiger partial charge in [0.05, 0.1) is 17.7 Å². The number of hydrogen-bond acceptors (Lipinski definition) is 6. The molecule has 0 radical (unpaired) electrons. The van der Waals surface area contributed by atoms with Crippen LogP contribution in [0.15, 0.2) is 0 Å². The molecule has 6 nitrogen and oxygen atoms in total. The van der Waals surface area contributed by atoms with E-state index in [1.165, 1.54) is 0 Å². The molecule has 1 aliphatic heterocycles. The predicted octanol–water partition coefficient (Wildman–Crippen LogP) is 2.72. The van der Waals surface area contributed by atoms with Crippen molar-refractivity contribution >= 4 is 11.8 Å². The van der Waals surface area contributed by atoms with Gasteiger partial charge in [-0.3, -0.25) is 4.79 Å². The first-order valence-electron chi connectivity index (χ1n) is 9.08. The zero-order valence-electron chi connectivity index (χ0n) is 15.3. The lowest BCUT2D eigenvalue weighted by atomic mass is 9.49. The number of carbonyl (C=O) groups excluding carboxylic acids is 2. The van der Waals surface area contributed by atoms with Gasteiger partial charge < -0.3 is 20.1 Å². The normalized spacial score (nSPS) is 31.9. The molecule has 2 aliphatic carbocycles. The average molecular weight is 360 g/mol. The molecule has 26 heavy (non-hydrogen) atoms. The quantitative estimate of drug-likeness (QED) is 0.665. The van der Waals surface area contributed by atoms with Crippen molar-refractivity contribution in [1.29, 1.82) is 0 Å². The summed E-state index contributed by atoms with van der Waals surface area (Å²) in [5.41, 5.74) is 0.365. The fourth-order valence-electron chi connectivity index (χ4n) is 5.74. The van der Waals surface area contributed by atoms with Crippen molar-refractivity contribution in [3.05, 3.63) is 27.8 Å². The summed E-state index contributed by atoms with van der Waals surface area (Å²) in [6.45, 7) is 5.74. The molecule has 0 bridgehead atoms. The van der Waals surface area contributed by atoms with Gasteiger partial charge in [0, 0.05) is 17.5 Å². The van der Waals surface area contributed by atoms with E-state index >= 15 is 0 Å². The first-order chi connectivity index (χ1) is 12.1. The summed E-state index contributed by atoms with van der Waals surface area (Å²) in [5.74, 6) is -1.29. The lowest BCUT2D eigenvalue weighted by Crippen LogP contribution is -2.50. The van der Waals surface area contributed by atoms with Crippen molar-refractivity contribution in [1.82, 2.24) is 0 Å². The van der Waals surface area contributed by atoms with Crippen molar-refractivity contribution in [2.45, 2.75) is 64.8 Å². The molecule has 1 aromatic carbocycles. The summed E-state index contributed by atoms with van der Waals surface area (Å²) in [7, 11) is 0. The minimum Gasteiger partial charge on any atom is -0.507 e. The van der Waals surface area contributed by atoms with Crippen LogP contribution in [0.25, 0.3) is 0 Å². The number of phenols is 1.